The second-order valence-corrected chi connectivity index (χ2v) is 24.1. The van der Waals surface area contributed by atoms with Gasteiger partial charge in [-0.3, -0.25) is 15.0 Å². The maximum Gasteiger partial charge on any atom is 0.133 e. The maximum absolute atomic E-state index is 4.25. The van der Waals surface area contributed by atoms with Gasteiger partial charge in [-0.1, -0.05) is 188 Å². The van der Waals surface area contributed by atoms with E-state index < -0.39 is 0 Å². The van der Waals surface area contributed by atoms with E-state index in [1.807, 2.05) is 67.5 Å². The highest BCUT2D eigenvalue weighted by Crippen LogP contribution is 2.23. The van der Waals surface area contributed by atoms with Crippen LogP contribution in [0, 0.1) is 0 Å². The van der Waals surface area contributed by atoms with Crippen molar-refractivity contribution in [2.75, 3.05) is 0 Å². The van der Waals surface area contributed by atoms with Crippen LogP contribution in [0.3, 0.4) is 0 Å². The lowest BCUT2D eigenvalue weighted by Crippen LogP contribution is -2.14. The zero-order valence-corrected chi connectivity index (χ0v) is 47.0. The Morgan fingerprint density at radius 2 is 0.671 bits per heavy atom. The van der Waals surface area contributed by atoms with Crippen molar-refractivity contribution in [1.29, 1.82) is 0 Å². The first-order valence-corrected chi connectivity index (χ1v) is 24.3. The highest BCUT2D eigenvalue weighted by atomic mass is 14.9. The van der Waals surface area contributed by atoms with E-state index in [1.165, 1.54) is 22.3 Å². The van der Waals surface area contributed by atoms with Crippen LogP contribution in [-0.4, -0.2) is 44.9 Å². The molecule has 0 saturated heterocycles. The summed E-state index contributed by atoms with van der Waals surface area (Å²) < 4.78 is 0. The Kier molecular flexibility index (Phi) is 25.3. The van der Waals surface area contributed by atoms with Crippen LogP contribution < -0.4 is 0 Å². The van der Waals surface area contributed by atoms with Crippen molar-refractivity contribution >= 4 is 0 Å². The van der Waals surface area contributed by atoms with Gasteiger partial charge in [0.25, 0.3) is 0 Å². The van der Waals surface area contributed by atoms with Crippen molar-refractivity contribution < 1.29 is 0 Å². The summed E-state index contributed by atoms with van der Waals surface area (Å²) in [6.07, 6.45) is 21.4. The molecule has 6 heterocycles. The molecule has 7 aromatic rings. The molecule has 0 fully saturated rings. The van der Waals surface area contributed by atoms with E-state index >= 15 is 0 Å². The fraction of sp³-hybridized carbons (Fsp3) is 0.459. The number of benzene rings is 1. The third kappa shape index (κ3) is 27.2. The Balaban J connectivity index is 0.000000408. The van der Waals surface area contributed by atoms with Crippen LogP contribution in [0.15, 0.2) is 160 Å². The lowest BCUT2D eigenvalue weighted by molar-refractivity contribution is 0.545. The minimum absolute atomic E-state index is 0.0707. The molecule has 0 bridgehead atoms. The largest absolute Gasteiger partial charge is 0.265 e. The van der Waals surface area contributed by atoms with Crippen LogP contribution >= 0.6 is 0 Å². The normalized spacial score (nSPS) is 11.5. The molecule has 0 aliphatic carbocycles. The van der Waals surface area contributed by atoms with Gasteiger partial charge >= 0.3 is 0 Å². The van der Waals surface area contributed by atoms with Crippen molar-refractivity contribution in [3.8, 4) is 0 Å². The third-order valence-corrected chi connectivity index (χ3v) is 10.2. The minimum atomic E-state index is 0.0707. The Bertz CT molecular complexity index is 1860. The number of rotatable bonds is 0. The van der Waals surface area contributed by atoms with Crippen LogP contribution in [0.4, 0.5) is 0 Å². The molecule has 0 spiro atoms. The van der Waals surface area contributed by atoms with E-state index in [-0.39, 0.29) is 32.5 Å². The summed E-state index contributed by atoms with van der Waals surface area (Å²) in [6.45, 7) is 45.4. The summed E-state index contributed by atoms with van der Waals surface area (Å²) in [5.41, 5.74) is 8.77. The molecule has 7 rings (SSSR count). The molecule has 9 nitrogen and oxygen atoms in total. The highest BCUT2D eigenvalue weighted by Gasteiger charge is 2.17. The molecule has 378 valence electrons. The summed E-state index contributed by atoms with van der Waals surface area (Å²) in [6, 6.07) is 28.5. The van der Waals surface area contributed by atoms with Crippen molar-refractivity contribution in [2.24, 2.45) is 0 Å². The first kappa shape index (κ1) is 61.9. The zero-order valence-electron chi connectivity index (χ0n) is 47.0. The molecule has 9 heteroatoms. The molecule has 0 saturated carbocycles. The van der Waals surface area contributed by atoms with Gasteiger partial charge in [-0.15, -0.1) is 0 Å². The fourth-order valence-electron chi connectivity index (χ4n) is 5.51. The van der Waals surface area contributed by atoms with E-state index in [4.69, 9.17) is 0 Å². The van der Waals surface area contributed by atoms with E-state index in [0.717, 1.165) is 17.2 Å². The standard InChI is InChI=1S/C10H14.3C9H13N.3C8H12N2/c1-10(2,3)9-7-5-4-6-8-9;1-9(2,3)8-4-6-10-7-5-8;1-9(2,3)8-5-4-6-10-7-8;1-9(2,3)8-6-4-5-7-10-8;1-8(2,3)7-4-9-6-10-5-7;1-8(2,3)7-4-5-9-6-10-7;1-8(2,3)7-9-5-4-6-10-7/h4-8H,1-3H3;3*4-7H,1-3H3;3*4-6H,1-3H3. The molecule has 0 atom stereocenters. The van der Waals surface area contributed by atoms with Crippen LogP contribution in [0.5, 0.6) is 0 Å². The average Bonchev–Trinajstić information content (AvgIpc) is 3.30. The number of hydrogen-bond acceptors (Lipinski definition) is 9. The van der Waals surface area contributed by atoms with Crippen molar-refractivity contribution in [2.45, 2.75) is 183 Å². The number of nitrogens with zero attached hydrogens (tertiary/aromatic N) is 9. The van der Waals surface area contributed by atoms with Crippen LogP contribution in [0.2, 0.25) is 0 Å². The number of hydrogen-bond donors (Lipinski definition) is 0. The summed E-state index contributed by atoms with van der Waals surface area (Å²) in [7, 11) is 0. The third-order valence-electron chi connectivity index (χ3n) is 10.2. The van der Waals surface area contributed by atoms with Crippen molar-refractivity contribution in [3.63, 3.8) is 0 Å². The SMILES string of the molecule is CC(C)(C)c1ccccc1.CC(C)(C)c1ccccn1.CC(C)(C)c1cccnc1.CC(C)(C)c1ccncc1.CC(C)(C)c1ccncn1.CC(C)(C)c1cncnc1.CC(C)(C)c1ncccn1. The van der Waals surface area contributed by atoms with Gasteiger partial charge in [0.2, 0.25) is 0 Å². The number of aromatic nitrogens is 9. The quantitative estimate of drug-likeness (QED) is 0.146. The van der Waals surface area contributed by atoms with Gasteiger partial charge < -0.3 is 0 Å². The topological polar surface area (TPSA) is 116 Å². The van der Waals surface area contributed by atoms with E-state index in [0.29, 0.717) is 5.41 Å². The molecule has 0 aliphatic heterocycles. The van der Waals surface area contributed by atoms with Crippen LogP contribution in [0.1, 0.15) is 185 Å². The zero-order chi connectivity index (χ0) is 53.3. The molecule has 0 N–H and O–H groups in total. The van der Waals surface area contributed by atoms with Gasteiger partial charge in [-0.05, 0) is 86.4 Å². The van der Waals surface area contributed by atoms with Gasteiger partial charge in [0.1, 0.15) is 18.5 Å². The maximum atomic E-state index is 4.25. The molecule has 0 amide bonds. The van der Waals surface area contributed by atoms with Crippen LogP contribution in [0.25, 0.3) is 0 Å². The second-order valence-electron chi connectivity index (χ2n) is 24.1. The Morgan fingerprint density at radius 1 is 0.243 bits per heavy atom. The Morgan fingerprint density at radius 3 is 0.971 bits per heavy atom. The second kappa shape index (κ2) is 28.5. The molecular formula is C61H89N9. The number of pyridine rings is 3. The van der Waals surface area contributed by atoms with Gasteiger partial charge in [-0.2, -0.15) is 0 Å². The fourth-order valence-corrected chi connectivity index (χ4v) is 5.51. The molecule has 1 aromatic carbocycles. The highest BCUT2D eigenvalue weighted by molar-refractivity contribution is 5.22. The van der Waals surface area contributed by atoms with Crippen LogP contribution in [-0.2, 0) is 37.9 Å². The molecule has 70 heavy (non-hydrogen) atoms. The van der Waals surface area contributed by atoms with Gasteiger partial charge in [0.05, 0.1) is 0 Å². The first-order valence-electron chi connectivity index (χ1n) is 24.3. The molecule has 0 unspecified atom stereocenters. The first-order chi connectivity index (χ1) is 32.2. The van der Waals surface area contributed by atoms with Crippen molar-refractivity contribution in [3.05, 3.63) is 199 Å². The lowest BCUT2D eigenvalue weighted by atomic mass is 9.87. The average molecular weight is 948 g/mol. The molecule has 0 radical (unpaired) electrons. The molecular weight excluding hydrogens is 859 g/mol. The van der Waals surface area contributed by atoms with Crippen molar-refractivity contribution in [1.82, 2.24) is 44.9 Å². The Labute approximate surface area is 425 Å². The lowest BCUT2D eigenvalue weighted by Gasteiger charge is -2.18. The van der Waals surface area contributed by atoms with E-state index in [2.05, 4.69) is 245 Å². The Hall–Kier alpha value is -6.09. The summed E-state index contributed by atoms with van der Waals surface area (Å²) in [4.78, 5) is 36.4. The molecule has 6 aromatic heterocycles. The van der Waals surface area contributed by atoms with Gasteiger partial charge in [0, 0.05) is 89.6 Å². The van der Waals surface area contributed by atoms with E-state index in [1.54, 1.807) is 37.4 Å². The summed E-state index contributed by atoms with van der Waals surface area (Å²) >= 11 is 0. The van der Waals surface area contributed by atoms with Gasteiger partial charge in [0.15, 0.2) is 0 Å². The monoisotopic (exact) mass is 948 g/mol. The van der Waals surface area contributed by atoms with Gasteiger partial charge in [-0.25, -0.2) is 29.9 Å². The smallest absolute Gasteiger partial charge is 0.133 e. The minimum Gasteiger partial charge on any atom is -0.265 e. The summed E-state index contributed by atoms with van der Waals surface area (Å²) in [5, 5.41) is 0. The molecule has 0 aliphatic rings. The predicted octanol–water partition coefficient (Wildman–Crippen LogP) is 15.4. The summed E-state index contributed by atoms with van der Waals surface area (Å²) in [5.74, 6) is 0.898. The van der Waals surface area contributed by atoms with E-state index in [9.17, 15) is 0 Å². The predicted molar refractivity (Wildman–Crippen MR) is 296 cm³/mol.